The lowest BCUT2D eigenvalue weighted by Gasteiger charge is -2.30. The Bertz CT molecular complexity index is 906. The minimum atomic E-state index is -0.706. The van der Waals surface area contributed by atoms with Crippen LogP contribution < -0.4 is 10.1 Å². The summed E-state index contributed by atoms with van der Waals surface area (Å²) < 4.78 is 19.2. The summed E-state index contributed by atoms with van der Waals surface area (Å²) in [7, 11) is 0. The van der Waals surface area contributed by atoms with Crippen molar-refractivity contribution >= 4 is 11.8 Å². The highest BCUT2D eigenvalue weighted by molar-refractivity contribution is 5.88. The summed E-state index contributed by atoms with van der Waals surface area (Å²) in [5, 5.41) is 2.93. The van der Waals surface area contributed by atoms with Crippen LogP contribution in [0.5, 0.6) is 5.75 Å². The number of carbonyl (C=O) groups excluding carboxylic acids is 2. The zero-order valence-electron chi connectivity index (χ0n) is 19.9. The van der Waals surface area contributed by atoms with E-state index in [1.54, 1.807) is 19.1 Å². The molecule has 2 aromatic carbocycles. The van der Waals surface area contributed by atoms with Gasteiger partial charge in [0.15, 0.2) is 6.61 Å². The molecule has 1 N–H and O–H groups in total. The molecule has 2 atom stereocenters. The average Bonchev–Trinajstić information content (AvgIpc) is 2.76. The zero-order chi connectivity index (χ0) is 23.9. The van der Waals surface area contributed by atoms with E-state index in [4.69, 9.17) is 4.74 Å². The smallest absolute Gasteiger partial charge is 0.261 e. The van der Waals surface area contributed by atoms with Crippen molar-refractivity contribution in [3.8, 4) is 5.75 Å². The predicted molar refractivity (Wildman–Crippen MR) is 125 cm³/mol. The number of halogens is 1. The van der Waals surface area contributed by atoms with E-state index in [9.17, 15) is 14.0 Å². The van der Waals surface area contributed by atoms with Gasteiger partial charge in [0.2, 0.25) is 5.91 Å². The summed E-state index contributed by atoms with van der Waals surface area (Å²) in [6.07, 6.45) is 0.789. The molecule has 0 aliphatic carbocycles. The third-order valence-corrected chi connectivity index (χ3v) is 5.48. The van der Waals surface area contributed by atoms with Crippen LogP contribution in [-0.4, -0.2) is 35.4 Å². The van der Waals surface area contributed by atoms with Crippen LogP contribution in [0.2, 0.25) is 0 Å². The number of hydrogen-bond donors (Lipinski definition) is 1. The summed E-state index contributed by atoms with van der Waals surface area (Å²) in [6, 6.07) is 12.9. The molecule has 0 saturated heterocycles. The monoisotopic (exact) mass is 442 g/mol. The molecule has 2 rings (SSSR count). The molecule has 5 nitrogen and oxygen atoms in total. The standard InChI is InChI=1S/C26H35FN2O3/c1-7-18(2)28-25(31)19(3)29(16-20-12-14-21(27)15-13-20)24(30)17-32-23-11-9-8-10-22(23)26(4,5)6/h8-15,18-19H,7,16-17H2,1-6H3,(H,28,31)/t18-,19+/m1/s1. The van der Waals surface area contributed by atoms with Crippen LogP contribution in [0.1, 0.15) is 59.1 Å². The minimum Gasteiger partial charge on any atom is -0.483 e. The van der Waals surface area contributed by atoms with Crippen LogP contribution in [0.3, 0.4) is 0 Å². The van der Waals surface area contributed by atoms with E-state index >= 15 is 0 Å². The Morgan fingerprint density at radius 2 is 1.69 bits per heavy atom. The van der Waals surface area contributed by atoms with Gasteiger partial charge in [-0.3, -0.25) is 9.59 Å². The topological polar surface area (TPSA) is 58.6 Å². The van der Waals surface area contributed by atoms with E-state index in [2.05, 4.69) is 26.1 Å². The first-order valence-corrected chi connectivity index (χ1v) is 11.1. The third kappa shape index (κ3) is 7.08. The van der Waals surface area contributed by atoms with Crippen molar-refractivity contribution in [1.29, 1.82) is 0 Å². The molecule has 0 bridgehead atoms. The number of para-hydroxylation sites is 1. The molecule has 2 amide bonds. The summed E-state index contributed by atoms with van der Waals surface area (Å²) in [4.78, 5) is 27.4. The summed E-state index contributed by atoms with van der Waals surface area (Å²) in [5.41, 5.74) is 1.59. The molecule has 0 saturated carbocycles. The van der Waals surface area contributed by atoms with Crippen LogP contribution >= 0.6 is 0 Å². The Morgan fingerprint density at radius 1 is 1.06 bits per heavy atom. The quantitative estimate of drug-likeness (QED) is 0.605. The van der Waals surface area contributed by atoms with Crippen molar-refractivity contribution in [1.82, 2.24) is 10.2 Å². The van der Waals surface area contributed by atoms with Gasteiger partial charge in [0.25, 0.3) is 5.91 Å². The van der Waals surface area contributed by atoms with E-state index in [1.165, 1.54) is 17.0 Å². The molecule has 0 fully saturated rings. The van der Waals surface area contributed by atoms with Gasteiger partial charge in [-0.2, -0.15) is 0 Å². The fraction of sp³-hybridized carbons (Fsp3) is 0.462. The van der Waals surface area contributed by atoms with Gasteiger partial charge in [-0.05, 0) is 55.0 Å². The van der Waals surface area contributed by atoms with Gasteiger partial charge < -0.3 is 15.0 Å². The largest absolute Gasteiger partial charge is 0.483 e. The van der Waals surface area contributed by atoms with E-state index in [0.717, 1.165) is 17.5 Å². The van der Waals surface area contributed by atoms with Crippen molar-refractivity contribution < 1.29 is 18.7 Å². The van der Waals surface area contributed by atoms with Crippen LogP contribution in [0.4, 0.5) is 4.39 Å². The molecule has 0 radical (unpaired) electrons. The number of amides is 2. The lowest BCUT2D eigenvalue weighted by Crippen LogP contribution is -2.50. The molecular weight excluding hydrogens is 407 g/mol. The highest BCUT2D eigenvalue weighted by atomic mass is 19.1. The van der Waals surface area contributed by atoms with E-state index in [1.807, 2.05) is 38.1 Å². The second-order valence-corrected chi connectivity index (χ2v) is 9.18. The van der Waals surface area contributed by atoms with Gasteiger partial charge in [-0.15, -0.1) is 0 Å². The SMILES string of the molecule is CC[C@@H](C)NC(=O)[C@H](C)N(Cc1ccc(F)cc1)C(=O)COc1ccccc1C(C)(C)C. The number of hydrogen-bond acceptors (Lipinski definition) is 3. The van der Waals surface area contributed by atoms with E-state index < -0.39 is 6.04 Å². The zero-order valence-corrected chi connectivity index (χ0v) is 19.9. The van der Waals surface area contributed by atoms with Gasteiger partial charge >= 0.3 is 0 Å². The highest BCUT2D eigenvalue weighted by Crippen LogP contribution is 2.31. The Morgan fingerprint density at radius 3 is 2.28 bits per heavy atom. The normalized spacial score (nSPS) is 13.2. The lowest BCUT2D eigenvalue weighted by molar-refractivity contribution is -0.142. The first-order valence-electron chi connectivity index (χ1n) is 11.1. The maximum absolute atomic E-state index is 13.3. The Balaban J connectivity index is 2.21. The van der Waals surface area contributed by atoms with Crippen molar-refractivity contribution in [2.45, 2.75) is 72.0 Å². The van der Waals surface area contributed by atoms with Crippen molar-refractivity contribution in [2.75, 3.05) is 6.61 Å². The fourth-order valence-corrected chi connectivity index (χ4v) is 3.27. The molecule has 0 aliphatic rings. The van der Waals surface area contributed by atoms with Crippen molar-refractivity contribution in [2.24, 2.45) is 0 Å². The van der Waals surface area contributed by atoms with Gasteiger partial charge in [-0.25, -0.2) is 4.39 Å². The lowest BCUT2D eigenvalue weighted by atomic mass is 9.86. The Labute approximate surface area is 191 Å². The van der Waals surface area contributed by atoms with Gasteiger partial charge in [0.05, 0.1) is 0 Å². The van der Waals surface area contributed by atoms with Gasteiger partial charge in [0, 0.05) is 12.6 Å². The molecule has 0 spiro atoms. The van der Waals surface area contributed by atoms with Gasteiger partial charge in [-0.1, -0.05) is 58.0 Å². The Hall–Kier alpha value is -2.89. The Kier molecular flexibility index (Phi) is 8.81. The molecule has 2 aromatic rings. The first kappa shape index (κ1) is 25.4. The highest BCUT2D eigenvalue weighted by Gasteiger charge is 2.28. The van der Waals surface area contributed by atoms with E-state index in [0.29, 0.717) is 5.75 Å². The molecule has 6 heteroatoms. The molecule has 0 unspecified atom stereocenters. The molecule has 0 heterocycles. The molecule has 0 aromatic heterocycles. The molecule has 32 heavy (non-hydrogen) atoms. The van der Waals surface area contributed by atoms with Crippen LogP contribution in [0, 0.1) is 5.82 Å². The maximum atomic E-state index is 13.3. The molecule has 0 aliphatic heterocycles. The second-order valence-electron chi connectivity index (χ2n) is 9.18. The van der Waals surface area contributed by atoms with Crippen LogP contribution in [0.15, 0.2) is 48.5 Å². The fourth-order valence-electron chi connectivity index (χ4n) is 3.27. The first-order chi connectivity index (χ1) is 15.0. The number of benzene rings is 2. The summed E-state index contributed by atoms with van der Waals surface area (Å²) in [5.74, 6) is -0.252. The van der Waals surface area contributed by atoms with Crippen molar-refractivity contribution in [3.63, 3.8) is 0 Å². The number of carbonyl (C=O) groups is 2. The second kappa shape index (κ2) is 11.1. The summed E-state index contributed by atoms with van der Waals surface area (Å²) in [6.45, 7) is 11.8. The predicted octanol–water partition coefficient (Wildman–Crippen LogP) is 4.83. The van der Waals surface area contributed by atoms with Crippen LogP contribution in [-0.2, 0) is 21.5 Å². The van der Waals surface area contributed by atoms with Crippen LogP contribution in [0.25, 0.3) is 0 Å². The maximum Gasteiger partial charge on any atom is 0.261 e. The average molecular weight is 443 g/mol. The van der Waals surface area contributed by atoms with Crippen molar-refractivity contribution in [3.05, 3.63) is 65.5 Å². The molecule has 174 valence electrons. The number of nitrogens with zero attached hydrogens (tertiary/aromatic N) is 1. The van der Waals surface area contributed by atoms with E-state index in [-0.39, 0.29) is 42.2 Å². The number of nitrogens with one attached hydrogen (secondary N) is 1. The third-order valence-electron chi connectivity index (χ3n) is 5.48. The van der Waals surface area contributed by atoms with Gasteiger partial charge in [0.1, 0.15) is 17.6 Å². The molecular formula is C26H35FN2O3. The summed E-state index contributed by atoms with van der Waals surface area (Å²) >= 11 is 0. The number of ether oxygens (including phenoxy) is 1. The minimum absolute atomic E-state index is 0.00244. The number of rotatable bonds is 9.